The fourth-order valence-electron chi connectivity index (χ4n) is 4.01. The quantitative estimate of drug-likeness (QED) is 0.722. The van der Waals surface area contributed by atoms with Gasteiger partial charge >= 0.3 is 0 Å². The van der Waals surface area contributed by atoms with Crippen molar-refractivity contribution in [1.82, 2.24) is 0 Å². The van der Waals surface area contributed by atoms with Crippen LogP contribution >= 0.6 is 0 Å². The third kappa shape index (κ3) is 3.11. The van der Waals surface area contributed by atoms with Gasteiger partial charge < -0.3 is 14.8 Å². The second kappa shape index (κ2) is 7.39. The number of fused-ring (bicyclic) bond motifs is 1. The van der Waals surface area contributed by atoms with Gasteiger partial charge in [0.1, 0.15) is 11.5 Å². The molecule has 0 unspecified atom stereocenters. The molecule has 1 aliphatic rings. The highest BCUT2D eigenvalue weighted by atomic mass is 16.5. The molecule has 1 amide bonds. The van der Waals surface area contributed by atoms with E-state index in [2.05, 4.69) is 17.4 Å². The number of carbonyl (C=O) groups excluding carboxylic acids is 1. The minimum atomic E-state index is -0.643. The Balaban J connectivity index is 1.72. The van der Waals surface area contributed by atoms with E-state index in [1.807, 2.05) is 54.6 Å². The smallest absolute Gasteiger partial charge is 0.235 e. The lowest BCUT2D eigenvalue weighted by Gasteiger charge is -2.29. The average Bonchev–Trinajstić information content (AvgIpc) is 3.15. The number of hydrogen-bond acceptors (Lipinski definition) is 3. The summed E-state index contributed by atoms with van der Waals surface area (Å²) >= 11 is 0. The lowest BCUT2D eigenvalue weighted by Crippen LogP contribution is -2.41. The number of carbonyl (C=O) groups is 1. The Morgan fingerprint density at radius 2 is 1.50 bits per heavy atom. The highest BCUT2D eigenvalue weighted by Gasteiger charge is 2.45. The summed E-state index contributed by atoms with van der Waals surface area (Å²) in [5, 5.41) is 3.11. The predicted molar refractivity (Wildman–Crippen MR) is 110 cm³/mol. The SMILES string of the molecule is COc1ccc(NC(=O)C2(c3ccccc3)Cc3ccccc3C2)c(OC)c1. The number of ether oxygens (including phenoxy) is 2. The number of rotatable bonds is 5. The van der Waals surface area contributed by atoms with Gasteiger partial charge in [-0.2, -0.15) is 0 Å². The molecule has 142 valence electrons. The fourth-order valence-corrected chi connectivity index (χ4v) is 4.01. The number of amides is 1. The molecule has 0 atom stereocenters. The van der Waals surface area contributed by atoms with Crippen LogP contribution in [0.1, 0.15) is 16.7 Å². The molecular formula is C24H23NO3. The van der Waals surface area contributed by atoms with Gasteiger partial charge in [-0.3, -0.25) is 4.79 Å². The minimum Gasteiger partial charge on any atom is -0.497 e. The maximum absolute atomic E-state index is 13.6. The molecule has 4 nitrogen and oxygen atoms in total. The summed E-state index contributed by atoms with van der Waals surface area (Å²) in [4.78, 5) is 13.6. The molecule has 0 radical (unpaired) electrons. The number of anilines is 1. The minimum absolute atomic E-state index is 0.0293. The molecule has 0 fully saturated rings. The molecule has 0 aromatic heterocycles. The summed E-state index contributed by atoms with van der Waals surface area (Å²) in [7, 11) is 3.19. The summed E-state index contributed by atoms with van der Waals surface area (Å²) in [5.74, 6) is 1.23. The van der Waals surface area contributed by atoms with Crippen LogP contribution in [-0.4, -0.2) is 20.1 Å². The van der Waals surface area contributed by atoms with Crippen LogP contribution in [0.15, 0.2) is 72.8 Å². The summed E-state index contributed by atoms with van der Waals surface area (Å²) in [6.45, 7) is 0. The van der Waals surface area contributed by atoms with Crippen LogP contribution in [0, 0.1) is 0 Å². The van der Waals surface area contributed by atoms with E-state index in [1.54, 1.807) is 20.3 Å². The van der Waals surface area contributed by atoms with Crippen molar-refractivity contribution in [3.8, 4) is 11.5 Å². The third-order valence-electron chi connectivity index (χ3n) is 5.52. The Bertz CT molecular complexity index is 973. The Morgan fingerprint density at radius 3 is 2.11 bits per heavy atom. The number of nitrogens with one attached hydrogen (secondary N) is 1. The van der Waals surface area contributed by atoms with E-state index in [0.717, 1.165) is 5.56 Å². The van der Waals surface area contributed by atoms with E-state index in [1.165, 1.54) is 11.1 Å². The summed E-state index contributed by atoms with van der Waals surface area (Å²) in [6.07, 6.45) is 1.36. The van der Waals surface area contributed by atoms with Crippen molar-refractivity contribution < 1.29 is 14.3 Å². The molecule has 3 aromatic carbocycles. The average molecular weight is 373 g/mol. The van der Waals surface area contributed by atoms with Crippen molar-refractivity contribution in [3.63, 3.8) is 0 Å². The lowest BCUT2D eigenvalue weighted by molar-refractivity contribution is -0.121. The fraction of sp³-hybridized carbons (Fsp3) is 0.208. The highest BCUT2D eigenvalue weighted by Crippen LogP contribution is 2.41. The second-order valence-corrected chi connectivity index (χ2v) is 7.09. The van der Waals surface area contributed by atoms with Gasteiger partial charge in [-0.1, -0.05) is 54.6 Å². The topological polar surface area (TPSA) is 47.6 Å². The van der Waals surface area contributed by atoms with Gasteiger partial charge in [0.05, 0.1) is 25.3 Å². The van der Waals surface area contributed by atoms with Crippen molar-refractivity contribution in [1.29, 1.82) is 0 Å². The van der Waals surface area contributed by atoms with Crippen LogP contribution in [0.3, 0.4) is 0 Å². The maximum atomic E-state index is 13.6. The summed E-state index contributed by atoms with van der Waals surface area (Å²) in [5.41, 5.74) is 3.47. The van der Waals surface area contributed by atoms with Crippen molar-refractivity contribution in [2.45, 2.75) is 18.3 Å². The van der Waals surface area contributed by atoms with E-state index >= 15 is 0 Å². The van der Waals surface area contributed by atoms with Crippen LogP contribution in [0.25, 0.3) is 0 Å². The van der Waals surface area contributed by atoms with Gasteiger partial charge in [-0.25, -0.2) is 0 Å². The second-order valence-electron chi connectivity index (χ2n) is 7.09. The molecule has 28 heavy (non-hydrogen) atoms. The molecule has 3 aromatic rings. The van der Waals surface area contributed by atoms with Crippen molar-refractivity contribution in [3.05, 3.63) is 89.5 Å². The number of hydrogen-bond donors (Lipinski definition) is 1. The molecule has 0 saturated heterocycles. The van der Waals surface area contributed by atoms with E-state index in [4.69, 9.17) is 9.47 Å². The number of methoxy groups -OCH3 is 2. The first kappa shape index (κ1) is 18.1. The molecule has 0 heterocycles. The lowest BCUT2D eigenvalue weighted by atomic mass is 9.76. The van der Waals surface area contributed by atoms with E-state index in [0.29, 0.717) is 30.0 Å². The molecule has 0 bridgehead atoms. The largest absolute Gasteiger partial charge is 0.497 e. The van der Waals surface area contributed by atoms with Gasteiger partial charge in [0.25, 0.3) is 0 Å². The molecule has 1 N–H and O–H groups in total. The van der Waals surface area contributed by atoms with E-state index in [9.17, 15) is 4.79 Å². The number of benzene rings is 3. The first-order valence-electron chi connectivity index (χ1n) is 9.32. The molecule has 4 heteroatoms. The first-order chi connectivity index (χ1) is 13.7. The van der Waals surface area contributed by atoms with Gasteiger partial charge in [-0.15, -0.1) is 0 Å². The Morgan fingerprint density at radius 1 is 0.857 bits per heavy atom. The van der Waals surface area contributed by atoms with Crippen LogP contribution in [-0.2, 0) is 23.1 Å². The van der Waals surface area contributed by atoms with Crippen LogP contribution in [0.4, 0.5) is 5.69 Å². The molecular weight excluding hydrogens is 350 g/mol. The zero-order chi connectivity index (χ0) is 19.6. The molecule has 0 spiro atoms. The van der Waals surface area contributed by atoms with Gasteiger partial charge in [0.15, 0.2) is 0 Å². The zero-order valence-electron chi connectivity index (χ0n) is 16.1. The first-order valence-corrected chi connectivity index (χ1v) is 9.32. The Kier molecular flexibility index (Phi) is 4.78. The monoisotopic (exact) mass is 373 g/mol. The Labute approximate surface area is 165 Å². The maximum Gasteiger partial charge on any atom is 0.235 e. The summed E-state index contributed by atoms with van der Waals surface area (Å²) in [6, 6.07) is 23.7. The van der Waals surface area contributed by atoms with Crippen molar-refractivity contribution in [2.24, 2.45) is 0 Å². The van der Waals surface area contributed by atoms with Crippen LogP contribution < -0.4 is 14.8 Å². The molecule has 4 rings (SSSR count). The van der Waals surface area contributed by atoms with Gasteiger partial charge in [0, 0.05) is 6.07 Å². The van der Waals surface area contributed by atoms with E-state index < -0.39 is 5.41 Å². The van der Waals surface area contributed by atoms with Crippen molar-refractivity contribution in [2.75, 3.05) is 19.5 Å². The highest BCUT2D eigenvalue weighted by molar-refractivity contribution is 6.01. The van der Waals surface area contributed by atoms with Crippen LogP contribution in [0.5, 0.6) is 11.5 Å². The standard InChI is InChI=1S/C24H23NO3/c1-27-20-12-13-21(22(14-20)28-2)25-23(26)24(19-10-4-3-5-11-19)15-17-8-6-7-9-18(17)16-24/h3-14H,15-16H2,1-2H3,(H,25,26). The van der Waals surface area contributed by atoms with Crippen LogP contribution in [0.2, 0.25) is 0 Å². The third-order valence-corrected chi connectivity index (χ3v) is 5.52. The molecule has 0 saturated carbocycles. The van der Waals surface area contributed by atoms with Crippen molar-refractivity contribution >= 4 is 11.6 Å². The normalized spacial score (nSPS) is 14.2. The molecule has 0 aliphatic heterocycles. The predicted octanol–water partition coefficient (Wildman–Crippen LogP) is 4.38. The van der Waals surface area contributed by atoms with Gasteiger partial charge in [0.2, 0.25) is 5.91 Å². The van der Waals surface area contributed by atoms with Gasteiger partial charge in [-0.05, 0) is 41.7 Å². The Hall–Kier alpha value is -3.27. The molecule has 1 aliphatic carbocycles. The zero-order valence-corrected chi connectivity index (χ0v) is 16.1. The van der Waals surface area contributed by atoms with E-state index in [-0.39, 0.29) is 5.91 Å². The summed E-state index contributed by atoms with van der Waals surface area (Å²) < 4.78 is 10.7.